The number of rotatable bonds is 3. The van der Waals surface area contributed by atoms with Gasteiger partial charge in [0, 0.05) is 5.54 Å². The predicted molar refractivity (Wildman–Crippen MR) is 80.5 cm³/mol. The molecule has 1 unspecified atom stereocenters. The van der Waals surface area contributed by atoms with E-state index in [1.54, 1.807) is 6.07 Å². The van der Waals surface area contributed by atoms with Crippen molar-refractivity contribution in [3.05, 3.63) is 69.4 Å². The third-order valence-electron chi connectivity index (χ3n) is 3.27. The topological polar surface area (TPSA) is 26.0 Å². The Bertz CT molecular complexity index is 593. The molecular formula is C16H17BrFN. The zero-order valence-electron chi connectivity index (χ0n) is 11.1. The average Bonchev–Trinajstić information content (AvgIpc) is 2.35. The van der Waals surface area contributed by atoms with E-state index in [1.165, 1.54) is 11.6 Å². The molecule has 0 bridgehead atoms. The maximum atomic E-state index is 13.5. The van der Waals surface area contributed by atoms with E-state index >= 15 is 0 Å². The van der Waals surface area contributed by atoms with Crippen LogP contribution in [0.1, 0.15) is 23.6 Å². The third kappa shape index (κ3) is 3.23. The van der Waals surface area contributed by atoms with Gasteiger partial charge in [-0.25, -0.2) is 4.39 Å². The predicted octanol–water partition coefficient (Wildman–Crippen LogP) is 4.31. The fourth-order valence-electron chi connectivity index (χ4n) is 2.18. The van der Waals surface area contributed by atoms with Gasteiger partial charge in [-0.3, -0.25) is 0 Å². The lowest BCUT2D eigenvalue weighted by atomic mass is 9.86. The van der Waals surface area contributed by atoms with Crippen LogP contribution in [0.3, 0.4) is 0 Å². The molecule has 1 atom stereocenters. The lowest BCUT2D eigenvalue weighted by Crippen LogP contribution is -2.35. The first-order valence-electron chi connectivity index (χ1n) is 6.19. The van der Waals surface area contributed by atoms with Crippen molar-refractivity contribution in [1.29, 1.82) is 0 Å². The van der Waals surface area contributed by atoms with Crippen LogP contribution in [0.2, 0.25) is 0 Å². The number of hydrogen-bond acceptors (Lipinski definition) is 1. The van der Waals surface area contributed by atoms with Gasteiger partial charge in [-0.2, -0.15) is 0 Å². The van der Waals surface area contributed by atoms with Crippen molar-refractivity contribution < 1.29 is 4.39 Å². The Morgan fingerprint density at radius 2 is 1.89 bits per heavy atom. The Hall–Kier alpha value is -1.19. The second kappa shape index (κ2) is 5.43. The summed E-state index contributed by atoms with van der Waals surface area (Å²) in [6.45, 7) is 4.01. The number of halogens is 2. The van der Waals surface area contributed by atoms with Crippen molar-refractivity contribution >= 4 is 15.9 Å². The molecule has 0 aliphatic carbocycles. The van der Waals surface area contributed by atoms with E-state index < -0.39 is 5.54 Å². The monoisotopic (exact) mass is 321 g/mol. The third-order valence-corrected chi connectivity index (χ3v) is 4.15. The van der Waals surface area contributed by atoms with Crippen LogP contribution in [0.4, 0.5) is 4.39 Å². The minimum atomic E-state index is -0.525. The van der Waals surface area contributed by atoms with Crippen LogP contribution in [0, 0.1) is 12.7 Å². The Labute approximate surface area is 121 Å². The molecule has 2 aromatic carbocycles. The molecular weight excluding hydrogens is 305 g/mol. The summed E-state index contributed by atoms with van der Waals surface area (Å²) in [5.41, 5.74) is 9.00. The Balaban J connectivity index is 2.33. The molecule has 3 heteroatoms. The molecule has 0 saturated heterocycles. The summed E-state index contributed by atoms with van der Waals surface area (Å²) in [5.74, 6) is -0.252. The van der Waals surface area contributed by atoms with Crippen molar-refractivity contribution in [3.8, 4) is 0 Å². The van der Waals surface area contributed by atoms with Crippen molar-refractivity contribution in [2.75, 3.05) is 0 Å². The Morgan fingerprint density at radius 3 is 2.58 bits per heavy atom. The maximum Gasteiger partial charge on any atom is 0.137 e. The van der Waals surface area contributed by atoms with Crippen molar-refractivity contribution in [2.45, 2.75) is 25.8 Å². The molecule has 0 spiro atoms. The van der Waals surface area contributed by atoms with Gasteiger partial charge in [0.15, 0.2) is 0 Å². The van der Waals surface area contributed by atoms with Crippen LogP contribution < -0.4 is 5.73 Å². The molecule has 0 aromatic heterocycles. The summed E-state index contributed by atoms with van der Waals surface area (Å²) in [4.78, 5) is 0. The molecule has 2 N–H and O–H groups in total. The maximum absolute atomic E-state index is 13.5. The molecule has 0 saturated carbocycles. The average molecular weight is 322 g/mol. The highest BCUT2D eigenvalue weighted by molar-refractivity contribution is 9.10. The lowest BCUT2D eigenvalue weighted by Gasteiger charge is -2.26. The van der Waals surface area contributed by atoms with Gasteiger partial charge in [0.25, 0.3) is 0 Å². The SMILES string of the molecule is Cc1cccc(C(C)(N)Cc2cccc(F)c2Br)c1. The van der Waals surface area contributed by atoms with Crippen LogP contribution in [-0.4, -0.2) is 0 Å². The zero-order chi connectivity index (χ0) is 14.0. The van der Waals surface area contributed by atoms with Crippen molar-refractivity contribution in [2.24, 2.45) is 5.73 Å². The van der Waals surface area contributed by atoms with E-state index in [0.717, 1.165) is 11.1 Å². The second-order valence-corrected chi connectivity index (χ2v) is 5.97. The second-order valence-electron chi connectivity index (χ2n) is 5.18. The first-order chi connectivity index (χ1) is 8.90. The highest BCUT2D eigenvalue weighted by Gasteiger charge is 2.23. The summed E-state index contributed by atoms with van der Waals surface area (Å²) in [6.07, 6.45) is 0.578. The smallest absolute Gasteiger partial charge is 0.137 e. The lowest BCUT2D eigenvalue weighted by molar-refractivity contribution is 0.487. The van der Waals surface area contributed by atoms with Gasteiger partial charge in [-0.1, -0.05) is 42.0 Å². The van der Waals surface area contributed by atoms with E-state index in [-0.39, 0.29) is 5.82 Å². The summed E-state index contributed by atoms with van der Waals surface area (Å²) in [5, 5.41) is 0. The largest absolute Gasteiger partial charge is 0.321 e. The molecule has 2 rings (SSSR count). The van der Waals surface area contributed by atoms with Gasteiger partial charge in [-0.05, 0) is 53.4 Å². The quantitative estimate of drug-likeness (QED) is 0.895. The zero-order valence-corrected chi connectivity index (χ0v) is 12.7. The van der Waals surface area contributed by atoms with E-state index in [1.807, 2.05) is 38.1 Å². The van der Waals surface area contributed by atoms with Gasteiger partial charge in [0.1, 0.15) is 5.82 Å². The number of aryl methyl sites for hydroxylation is 1. The van der Waals surface area contributed by atoms with Crippen molar-refractivity contribution in [1.82, 2.24) is 0 Å². The molecule has 0 heterocycles. The fourth-order valence-corrected chi connectivity index (χ4v) is 2.59. The minimum Gasteiger partial charge on any atom is -0.321 e. The first kappa shape index (κ1) is 14.2. The molecule has 0 amide bonds. The molecule has 1 nitrogen and oxygen atoms in total. The summed E-state index contributed by atoms with van der Waals surface area (Å²) >= 11 is 3.29. The molecule has 19 heavy (non-hydrogen) atoms. The van der Waals surface area contributed by atoms with Crippen LogP contribution in [0.15, 0.2) is 46.9 Å². The highest BCUT2D eigenvalue weighted by atomic mass is 79.9. The Morgan fingerprint density at radius 1 is 1.21 bits per heavy atom. The number of hydrogen-bond donors (Lipinski definition) is 1. The van der Waals surface area contributed by atoms with Crippen LogP contribution >= 0.6 is 15.9 Å². The molecule has 0 fully saturated rings. The van der Waals surface area contributed by atoms with E-state index in [2.05, 4.69) is 22.0 Å². The minimum absolute atomic E-state index is 0.252. The van der Waals surface area contributed by atoms with Crippen molar-refractivity contribution in [3.63, 3.8) is 0 Å². The number of benzene rings is 2. The van der Waals surface area contributed by atoms with Crippen LogP contribution in [0.25, 0.3) is 0 Å². The fraction of sp³-hybridized carbons (Fsp3) is 0.250. The van der Waals surface area contributed by atoms with Gasteiger partial charge >= 0.3 is 0 Å². The van der Waals surface area contributed by atoms with E-state index in [4.69, 9.17) is 5.73 Å². The molecule has 0 radical (unpaired) electrons. The Kier molecular flexibility index (Phi) is 4.07. The summed E-state index contributed by atoms with van der Waals surface area (Å²) < 4.78 is 14.0. The van der Waals surface area contributed by atoms with E-state index in [0.29, 0.717) is 10.9 Å². The first-order valence-corrected chi connectivity index (χ1v) is 6.98. The molecule has 100 valence electrons. The van der Waals surface area contributed by atoms with Gasteiger partial charge in [0.05, 0.1) is 4.47 Å². The van der Waals surface area contributed by atoms with Gasteiger partial charge in [0.2, 0.25) is 0 Å². The normalized spacial score (nSPS) is 14.2. The van der Waals surface area contributed by atoms with E-state index in [9.17, 15) is 4.39 Å². The van der Waals surface area contributed by atoms with Gasteiger partial charge < -0.3 is 5.73 Å². The standard InChI is InChI=1S/C16H17BrFN/c1-11-5-3-7-13(9-11)16(2,19)10-12-6-4-8-14(18)15(12)17/h3-9H,10,19H2,1-2H3. The highest BCUT2D eigenvalue weighted by Crippen LogP contribution is 2.28. The van der Waals surface area contributed by atoms with Crippen LogP contribution in [-0.2, 0) is 12.0 Å². The summed E-state index contributed by atoms with van der Waals surface area (Å²) in [7, 11) is 0. The number of nitrogens with two attached hydrogens (primary N) is 1. The van der Waals surface area contributed by atoms with Gasteiger partial charge in [-0.15, -0.1) is 0 Å². The molecule has 2 aromatic rings. The molecule has 0 aliphatic rings. The summed E-state index contributed by atoms with van der Waals surface area (Å²) in [6, 6.07) is 13.2. The molecule has 0 aliphatic heterocycles. The van der Waals surface area contributed by atoms with Crippen LogP contribution in [0.5, 0.6) is 0 Å².